The zero-order valence-corrected chi connectivity index (χ0v) is 30.6. The molecule has 7 aromatic carbocycles. The van der Waals surface area contributed by atoms with Crippen LogP contribution in [0.2, 0.25) is 0 Å². The van der Waals surface area contributed by atoms with Gasteiger partial charge in [0.25, 0.3) is 0 Å². The molecule has 9 rings (SSSR count). The van der Waals surface area contributed by atoms with Crippen LogP contribution in [-0.4, -0.2) is 7.11 Å². The van der Waals surface area contributed by atoms with Crippen molar-refractivity contribution in [3.63, 3.8) is 0 Å². The zero-order chi connectivity index (χ0) is 35.4. The molecule has 0 spiro atoms. The SMILES string of the molecule is COc1ccc2cc3c(oc4cc5c(cc43)oc3c(-c4ccc(C(C)(C)C)cc4)c4cc(C)ccc4cc35)c(-c3ccc(C(C)(C)C)cc3)c2c1. The van der Waals surface area contributed by atoms with Gasteiger partial charge in [-0.15, -0.1) is 0 Å². The van der Waals surface area contributed by atoms with E-state index in [4.69, 9.17) is 13.6 Å². The van der Waals surface area contributed by atoms with Crippen molar-refractivity contribution >= 4 is 65.4 Å². The summed E-state index contributed by atoms with van der Waals surface area (Å²) in [7, 11) is 1.72. The van der Waals surface area contributed by atoms with Crippen LogP contribution in [0.15, 0.2) is 118 Å². The van der Waals surface area contributed by atoms with Crippen LogP contribution in [0.25, 0.3) is 87.7 Å². The van der Waals surface area contributed by atoms with Crippen LogP contribution in [0.3, 0.4) is 0 Å². The molecule has 3 nitrogen and oxygen atoms in total. The van der Waals surface area contributed by atoms with E-state index in [0.29, 0.717) is 0 Å². The van der Waals surface area contributed by atoms with Crippen LogP contribution in [-0.2, 0) is 10.8 Å². The van der Waals surface area contributed by atoms with Gasteiger partial charge in [0, 0.05) is 32.7 Å². The van der Waals surface area contributed by atoms with Crippen molar-refractivity contribution < 1.29 is 13.6 Å². The lowest BCUT2D eigenvalue weighted by molar-refractivity contribution is 0.415. The van der Waals surface area contributed by atoms with E-state index in [1.165, 1.54) is 27.5 Å². The maximum atomic E-state index is 6.93. The lowest BCUT2D eigenvalue weighted by atomic mass is 9.85. The van der Waals surface area contributed by atoms with Gasteiger partial charge in [0.05, 0.1) is 7.11 Å². The number of ether oxygens (including phenoxy) is 1. The van der Waals surface area contributed by atoms with Gasteiger partial charge >= 0.3 is 0 Å². The second-order valence-electron chi connectivity index (χ2n) is 16.3. The zero-order valence-electron chi connectivity index (χ0n) is 30.6. The molecule has 3 heteroatoms. The highest BCUT2D eigenvalue weighted by Gasteiger charge is 2.23. The predicted octanol–water partition coefficient (Wildman–Crippen LogP) is 14.0. The summed E-state index contributed by atoms with van der Waals surface area (Å²) in [6.45, 7) is 15.7. The molecule has 51 heavy (non-hydrogen) atoms. The van der Waals surface area contributed by atoms with Crippen molar-refractivity contribution in [2.24, 2.45) is 0 Å². The van der Waals surface area contributed by atoms with Crippen LogP contribution >= 0.6 is 0 Å². The number of fused-ring (bicyclic) bond motifs is 8. The average Bonchev–Trinajstić information content (AvgIpc) is 3.64. The Kier molecular flexibility index (Phi) is 6.77. The maximum Gasteiger partial charge on any atom is 0.143 e. The summed E-state index contributed by atoms with van der Waals surface area (Å²) in [6, 6.07) is 39.8. The van der Waals surface area contributed by atoms with Crippen LogP contribution < -0.4 is 4.74 Å². The molecule has 0 saturated carbocycles. The van der Waals surface area contributed by atoms with E-state index >= 15 is 0 Å². The van der Waals surface area contributed by atoms with Gasteiger partial charge in [-0.05, 0) is 98.0 Å². The number of benzene rings is 7. The molecule has 0 unspecified atom stereocenters. The number of methoxy groups -OCH3 is 1. The summed E-state index contributed by atoms with van der Waals surface area (Å²) in [5.41, 5.74) is 11.9. The highest BCUT2D eigenvalue weighted by Crippen LogP contribution is 2.46. The third-order valence-corrected chi connectivity index (χ3v) is 10.7. The van der Waals surface area contributed by atoms with E-state index < -0.39 is 0 Å². The van der Waals surface area contributed by atoms with E-state index in [1.54, 1.807) is 7.11 Å². The van der Waals surface area contributed by atoms with Crippen LogP contribution in [0.1, 0.15) is 58.2 Å². The highest BCUT2D eigenvalue weighted by atomic mass is 16.5. The summed E-state index contributed by atoms with van der Waals surface area (Å²) in [6.07, 6.45) is 0. The largest absolute Gasteiger partial charge is 0.497 e. The van der Waals surface area contributed by atoms with Crippen molar-refractivity contribution in [1.82, 2.24) is 0 Å². The van der Waals surface area contributed by atoms with Gasteiger partial charge in [-0.3, -0.25) is 0 Å². The molecule has 0 amide bonds. The summed E-state index contributed by atoms with van der Waals surface area (Å²) in [4.78, 5) is 0. The molecule has 9 aromatic rings. The molecule has 0 aliphatic heterocycles. The molecule has 2 aromatic heterocycles. The lowest BCUT2D eigenvalue weighted by Gasteiger charge is -2.19. The number of hydrogen-bond acceptors (Lipinski definition) is 3. The average molecular weight is 667 g/mol. The molecule has 2 heterocycles. The molecule has 0 aliphatic rings. The molecule has 252 valence electrons. The number of hydrogen-bond donors (Lipinski definition) is 0. The topological polar surface area (TPSA) is 35.5 Å². The minimum atomic E-state index is 0.0615. The molecular formula is C48H42O3. The highest BCUT2D eigenvalue weighted by molar-refractivity contribution is 6.24. The van der Waals surface area contributed by atoms with Gasteiger partial charge in [-0.25, -0.2) is 0 Å². The van der Waals surface area contributed by atoms with Gasteiger partial charge in [0.1, 0.15) is 28.1 Å². The van der Waals surface area contributed by atoms with E-state index in [2.05, 4.69) is 152 Å². The molecule has 0 aliphatic carbocycles. The Bertz CT molecular complexity index is 2830. The molecule has 0 N–H and O–H groups in total. The van der Waals surface area contributed by atoms with E-state index in [0.717, 1.165) is 82.7 Å². The molecule has 0 atom stereocenters. The number of furan rings is 2. The Hall–Kier alpha value is -5.54. The fraction of sp³-hybridized carbons (Fsp3) is 0.208. The second kappa shape index (κ2) is 11.0. The normalized spacial score (nSPS) is 12.7. The number of aryl methyl sites for hydroxylation is 1. The van der Waals surface area contributed by atoms with Gasteiger partial charge < -0.3 is 13.6 Å². The first-order chi connectivity index (χ1) is 24.4. The summed E-state index contributed by atoms with van der Waals surface area (Å²) in [5, 5.41) is 8.87. The third-order valence-electron chi connectivity index (χ3n) is 10.7. The predicted molar refractivity (Wildman–Crippen MR) is 216 cm³/mol. The molecule has 0 bridgehead atoms. The number of rotatable bonds is 3. The Labute approximate surface area is 298 Å². The standard InChI is InChI=1S/C48H42O3/c1-27-9-10-30-22-39-37-25-42-38(26-41(37)50-45(39)43(35(30)21-27)28-11-16-32(17-12-28)47(2,3)4)40-23-31-15-20-34(49-8)24-36(31)44(46(40)51-42)29-13-18-33(19-14-29)48(5,6)7/h9-26H,1-8H3. The van der Waals surface area contributed by atoms with E-state index in [1.807, 2.05) is 6.07 Å². The molecule has 0 fully saturated rings. The first kappa shape index (κ1) is 31.4. The van der Waals surface area contributed by atoms with E-state index in [9.17, 15) is 0 Å². The van der Waals surface area contributed by atoms with Crippen molar-refractivity contribution in [1.29, 1.82) is 0 Å². The first-order valence-electron chi connectivity index (χ1n) is 17.9. The van der Waals surface area contributed by atoms with Crippen molar-refractivity contribution in [3.05, 3.63) is 126 Å². The summed E-state index contributed by atoms with van der Waals surface area (Å²) < 4.78 is 19.5. The fourth-order valence-corrected chi connectivity index (χ4v) is 7.80. The van der Waals surface area contributed by atoms with E-state index in [-0.39, 0.29) is 10.8 Å². The lowest BCUT2D eigenvalue weighted by Crippen LogP contribution is -2.10. The van der Waals surface area contributed by atoms with Crippen LogP contribution in [0.5, 0.6) is 5.75 Å². The maximum absolute atomic E-state index is 6.93. The summed E-state index contributed by atoms with van der Waals surface area (Å²) >= 11 is 0. The van der Waals surface area contributed by atoms with Gasteiger partial charge in [0.2, 0.25) is 0 Å². The first-order valence-corrected chi connectivity index (χ1v) is 17.9. The summed E-state index contributed by atoms with van der Waals surface area (Å²) in [5.74, 6) is 0.820. The minimum absolute atomic E-state index is 0.0615. The van der Waals surface area contributed by atoms with Gasteiger partial charge in [-0.1, -0.05) is 120 Å². The third kappa shape index (κ3) is 5.01. The van der Waals surface area contributed by atoms with Gasteiger partial charge in [0.15, 0.2) is 0 Å². The van der Waals surface area contributed by atoms with Crippen LogP contribution in [0.4, 0.5) is 0 Å². The monoisotopic (exact) mass is 666 g/mol. The van der Waals surface area contributed by atoms with Crippen molar-refractivity contribution in [2.45, 2.75) is 59.3 Å². The molecule has 0 saturated heterocycles. The smallest absolute Gasteiger partial charge is 0.143 e. The Morgan fingerprint density at radius 2 is 0.902 bits per heavy atom. The Balaban J connectivity index is 1.33. The Morgan fingerprint density at radius 1 is 0.451 bits per heavy atom. The quantitative estimate of drug-likeness (QED) is 0.188. The second-order valence-corrected chi connectivity index (χ2v) is 16.3. The fourth-order valence-electron chi connectivity index (χ4n) is 7.80. The minimum Gasteiger partial charge on any atom is -0.497 e. The molecule has 0 radical (unpaired) electrons. The van der Waals surface area contributed by atoms with Crippen LogP contribution in [0, 0.1) is 6.92 Å². The molecular weight excluding hydrogens is 625 g/mol. The van der Waals surface area contributed by atoms with Crippen molar-refractivity contribution in [3.8, 4) is 28.0 Å². The van der Waals surface area contributed by atoms with Gasteiger partial charge in [-0.2, -0.15) is 0 Å². The Morgan fingerprint density at radius 3 is 1.35 bits per heavy atom. The van der Waals surface area contributed by atoms with Crippen molar-refractivity contribution in [2.75, 3.05) is 7.11 Å².